The fourth-order valence-corrected chi connectivity index (χ4v) is 4.08. The van der Waals surface area contributed by atoms with Gasteiger partial charge in [-0.2, -0.15) is 0 Å². The second kappa shape index (κ2) is 7.38. The molecule has 136 valence electrons. The molecule has 0 unspecified atom stereocenters. The van der Waals surface area contributed by atoms with Crippen molar-refractivity contribution in [2.75, 3.05) is 18.5 Å². The third-order valence-corrected chi connectivity index (χ3v) is 5.57. The monoisotopic (exact) mass is 373 g/mol. The molecule has 0 aliphatic carbocycles. The molecule has 0 radical (unpaired) electrons. The molecule has 0 bridgehead atoms. The van der Waals surface area contributed by atoms with Crippen LogP contribution in [0.15, 0.2) is 23.2 Å². The highest BCUT2D eigenvalue weighted by Crippen LogP contribution is 2.33. The summed E-state index contributed by atoms with van der Waals surface area (Å²) in [6, 6.07) is 1.72. The van der Waals surface area contributed by atoms with Crippen LogP contribution in [0.2, 0.25) is 0 Å². The molecular weight excluding hydrogens is 354 g/mol. The highest BCUT2D eigenvalue weighted by Gasteiger charge is 2.21. The third kappa shape index (κ3) is 3.40. The van der Waals surface area contributed by atoms with Crippen molar-refractivity contribution in [3.8, 4) is 0 Å². The molecule has 1 amide bonds. The number of amides is 1. The Hall–Kier alpha value is -2.52. The Balaban J connectivity index is 1.53. The number of carbonyl (C=O) groups excluding carboxylic acids is 1. The van der Waals surface area contributed by atoms with Gasteiger partial charge in [0.2, 0.25) is 0 Å². The lowest BCUT2D eigenvalue weighted by Crippen LogP contribution is -2.22. The van der Waals surface area contributed by atoms with Crippen LogP contribution < -0.4 is 10.6 Å². The van der Waals surface area contributed by atoms with Gasteiger partial charge in [-0.15, -0.1) is 11.3 Å². The molecule has 1 fully saturated rings. The molecule has 26 heavy (non-hydrogen) atoms. The van der Waals surface area contributed by atoms with E-state index in [0.717, 1.165) is 41.0 Å². The van der Waals surface area contributed by atoms with Crippen molar-refractivity contribution >= 4 is 33.3 Å². The van der Waals surface area contributed by atoms with E-state index in [-0.39, 0.29) is 12.0 Å². The van der Waals surface area contributed by atoms with E-state index in [9.17, 15) is 4.79 Å². The van der Waals surface area contributed by atoms with Gasteiger partial charge < -0.3 is 19.9 Å². The van der Waals surface area contributed by atoms with Crippen molar-refractivity contribution in [2.24, 2.45) is 0 Å². The first kappa shape index (κ1) is 16.9. The Morgan fingerprint density at radius 1 is 1.42 bits per heavy atom. The Bertz CT molecular complexity index is 903. The van der Waals surface area contributed by atoms with Crippen molar-refractivity contribution in [1.82, 2.24) is 20.4 Å². The average molecular weight is 373 g/mol. The molecule has 4 heterocycles. The lowest BCUT2D eigenvalue weighted by molar-refractivity contribution is 0.0953. The van der Waals surface area contributed by atoms with Crippen LogP contribution in [0.3, 0.4) is 0 Å². The Labute approximate surface area is 154 Å². The second-order valence-electron chi connectivity index (χ2n) is 6.15. The molecule has 4 rings (SSSR count). The number of anilines is 1. The van der Waals surface area contributed by atoms with Crippen LogP contribution in [0.4, 0.5) is 5.82 Å². The molecule has 3 aromatic heterocycles. The summed E-state index contributed by atoms with van der Waals surface area (Å²) in [5, 5.41) is 10.9. The predicted octanol–water partition coefficient (Wildman–Crippen LogP) is 2.51. The van der Waals surface area contributed by atoms with Gasteiger partial charge in [-0.1, -0.05) is 5.16 Å². The van der Waals surface area contributed by atoms with Crippen molar-refractivity contribution in [2.45, 2.75) is 32.4 Å². The van der Waals surface area contributed by atoms with E-state index in [1.54, 1.807) is 6.07 Å². The number of hydrogen-bond donors (Lipinski definition) is 2. The molecule has 0 spiro atoms. The van der Waals surface area contributed by atoms with Crippen molar-refractivity contribution < 1.29 is 14.1 Å². The molecule has 0 saturated carbocycles. The zero-order chi connectivity index (χ0) is 17.9. The highest BCUT2D eigenvalue weighted by molar-refractivity contribution is 7.20. The summed E-state index contributed by atoms with van der Waals surface area (Å²) in [5.74, 6) is 0.591. The van der Waals surface area contributed by atoms with Gasteiger partial charge in [-0.25, -0.2) is 9.97 Å². The fraction of sp³-hybridized carbons (Fsp3) is 0.412. The molecule has 1 atom stereocenters. The summed E-state index contributed by atoms with van der Waals surface area (Å²) < 4.78 is 10.4. The van der Waals surface area contributed by atoms with Crippen LogP contribution in [0, 0.1) is 6.92 Å². The normalized spacial score (nSPS) is 16.9. The van der Waals surface area contributed by atoms with E-state index < -0.39 is 0 Å². The van der Waals surface area contributed by atoms with Crippen LogP contribution in [-0.2, 0) is 11.3 Å². The Kier molecular flexibility index (Phi) is 4.81. The molecular formula is C17H19N5O3S. The minimum atomic E-state index is -0.154. The molecule has 3 aromatic rings. The number of carbonyl (C=O) groups is 1. The van der Waals surface area contributed by atoms with Crippen LogP contribution >= 0.6 is 11.3 Å². The zero-order valence-corrected chi connectivity index (χ0v) is 15.1. The second-order valence-corrected chi connectivity index (χ2v) is 7.15. The number of nitrogens with one attached hydrogen (secondary N) is 2. The zero-order valence-electron chi connectivity index (χ0n) is 14.3. The van der Waals surface area contributed by atoms with Crippen molar-refractivity contribution in [1.29, 1.82) is 0 Å². The molecule has 8 nitrogen and oxygen atoms in total. The number of ether oxygens (including phenoxy) is 1. The lowest BCUT2D eigenvalue weighted by Gasteiger charge is -2.12. The number of rotatable bonds is 6. The first-order chi connectivity index (χ1) is 12.7. The van der Waals surface area contributed by atoms with E-state index in [2.05, 4.69) is 25.8 Å². The van der Waals surface area contributed by atoms with Gasteiger partial charge in [0.1, 0.15) is 28.9 Å². The highest BCUT2D eigenvalue weighted by atomic mass is 32.1. The van der Waals surface area contributed by atoms with Crippen LogP contribution in [0.1, 0.15) is 33.8 Å². The average Bonchev–Trinajstić information content (AvgIpc) is 3.40. The van der Waals surface area contributed by atoms with Crippen molar-refractivity contribution in [3.05, 3.63) is 34.8 Å². The molecule has 1 aliphatic rings. The number of aryl methyl sites for hydroxylation is 1. The molecule has 1 saturated heterocycles. The van der Waals surface area contributed by atoms with Crippen LogP contribution in [0.5, 0.6) is 0 Å². The molecule has 9 heteroatoms. The van der Waals surface area contributed by atoms with Gasteiger partial charge >= 0.3 is 0 Å². The first-order valence-electron chi connectivity index (χ1n) is 8.49. The summed E-state index contributed by atoms with van der Waals surface area (Å²) in [4.78, 5) is 22.7. The number of thiophene rings is 1. The maximum Gasteiger partial charge on any atom is 0.262 e. The van der Waals surface area contributed by atoms with Gasteiger partial charge in [0.25, 0.3) is 5.91 Å². The Morgan fingerprint density at radius 3 is 3.12 bits per heavy atom. The van der Waals surface area contributed by atoms with Gasteiger partial charge in [-0.05, 0) is 25.3 Å². The first-order valence-corrected chi connectivity index (χ1v) is 9.31. The fourth-order valence-electron chi connectivity index (χ4n) is 3.02. The van der Waals surface area contributed by atoms with E-state index >= 15 is 0 Å². The minimum absolute atomic E-state index is 0.154. The number of hydrogen-bond acceptors (Lipinski definition) is 8. The maximum absolute atomic E-state index is 12.6. The van der Waals surface area contributed by atoms with Gasteiger partial charge in [-0.3, -0.25) is 4.79 Å². The van der Waals surface area contributed by atoms with Gasteiger partial charge in [0, 0.05) is 19.2 Å². The van der Waals surface area contributed by atoms with E-state index in [1.807, 2.05) is 6.92 Å². The largest absolute Gasteiger partial charge is 0.376 e. The quantitative estimate of drug-likeness (QED) is 0.684. The summed E-state index contributed by atoms with van der Waals surface area (Å²) in [6.45, 7) is 3.76. The molecule has 0 aromatic carbocycles. The van der Waals surface area contributed by atoms with Crippen LogP contribution in [-0.4, -0.2) is 40.3 Å². The van der Waals surface area contributed by atoms with Crippen LogP contribution in [0.25, 0.3) is 10.2 Å². The van der Waals surface area contributed by atoms with E-state index in [1.165, 1.54) is 23.9 Å². The summed E-state index contributed by atoms with van der Waals surface area (Å²) in [7, 11) is 0. The summed E-state index contributed by atoms with van der Waals surface area (Å²) in [6.07, 6.45) is 5.36. The third-order valence-electron chi connectivity index (χ3n) is 4.38. The number of aromatic nitrogens is 3. The minimum Gasteiger partial charge on any atom is -0.376 e. The maximum atomic E-state index is 12.6. The van der Waals surface area contributed by atoms with Gasteiger partial charge in [0.15, 0.2) is 0 Å². The standard InChI is InChI=1S/C17H19N5O3S/c1-10-13-15(18-8-12-3-2-5-24-12)20-9-21-17(13)26-14(10)16(23)19-7-11-4-6-25-22-11/h4,6,9,12H,2-3,5,7-8H2,1H3,(H,19,23)(H,18,20,21)/t12-/m0/s1. The molecule has 1 aliphatic heterocycles. The summed E-state index contributed by atoms with van der Waals surface area (Å²) in [5.41, 5.74) is 1.55. The van der Waals surface area contributed by atoms with E-state index in [0.29, 0.717) is 23.7 Å². The Morgan fingerprint density at radius 2 is 2.35 bits per heavy atom. The number of fused-ring (bicyclic) bond motifs is 1. The van der Waals surface area contributed by atoms with Gasteiger partial charge in [0.05, 0.1) is 22.9 Å². The summed E-state index contributed by atoms with van der Waals surface area (Å²) >= 11 is 1.36. The topological polar surface area (TPSA) is 102 Å². The predicted molar refractivity (Wildman–Crippen MR) is 97.3 cm³/mol. The number of nitrogens with zero attached hydrogens (tertiary/aromatic N) is 3. The smallest absolute Gasteiger partial charge is 0.262 e. The lowest BCUT2D eigenvalue weighted by atomic mass is 10.2. The van der Waals surface area contributed by atoms with E-state index in [4.69, 9.17) is 9.26 Å². The SMILES string of the molecule is Cc1c(C(=O)NCc2ccon2)sc2ncnc(NC[C@@H]3CCCO3)c12. The molecule has 2 N–H and O–H groups in total. The van der Waals surface area contributed by atoms with Crippen molar-refractivity contribution in [3.63, 3.8) is 0 Å².